The van der Waals surface area contributed by atoms with Crippen LogP contribution >= 0.6 is 35.0 Å². The zero-order valence-electron chi connectivity index (χ0n) is 14.4. The summed E-state index contributed by atoms with van der Waals surface area (Å²) in [7, 11) is 0. The average molecular weight is 433 g/mol. The fraction of sp³-hybridized carbons (Fsp3) is 0.0500. The first-order valence-electron chi connectivity index (χ1n) is 8.15. The maximum Gasteiger partial charge on any atom is 0.271 e. The lowest BCUT2D eigenvalue weighted by Gasteiger charge is -2.08. The fourth-order valence-corrected chi connectivity index (χ4v) is 3.51. The second kappa shape index (κ2) is 9.10. The number of anilines is 1. The van der Waals surface area contributed by atoms with Crippen molar-refractivity contribution in [3.05, 3.63) is 98.0 Å². The van der Waals surface area contributed by atoms with Crippen molar-refractivity contribution in [3.8, 4) is 0 Å². The van der Waals surface area contributed by atoms with Crippen LogP contribution in [0.1, 0.15) is 15.9 Å². The van der Waals surface area contributed by atoms with Gasteiger partial charge < -0.3 is 5.32 Å². The average Bonchev–Trinajstić information content (AvgIpc) is 2.69. The molecular weight excluding hydrogens is 419 g/mol. The van der Waals surface area contributed by atoms with Crippen LogP contribution in [-0.4, -0.2) is 10.8 Å². The zero-order chi connectivity index (χ0) is 20.1. The minimum absolute atomic E-state index is 0.144. The Balaban J connectivity index is 1.64. The summed E-state index contributed by atoms with van der Waals surface area (Å²) in [5, 5.41) is 14.4. The van der Waals surface area contributed by atoms with Crippen LogP contribution in [0.3, 0.4) is 0 Å². The molecule has 3 aromatic rings. The molecule has 0 bridgehead atoms. The van der Waals surface area contributed by atoms with Crippen LogP contribution in [0.15, 0.2) is 71.6 Å². The van der Waals surface area contributed by atoms with Crippen LogP contribution < -0.4 is 5.32 Å². The van der Waals surface area contributed by atoms with E-state index in [1.807, 2.05) is 36.4 Å². The molecule has 0 fully saturated rings. The Morgan fingerprint density at radius 1 is 1.00 bits per heavy atom. The Morgan fingerprint density at radius 3 is 2.32 bits per heavy atom. The molecule has 3 aromatic carbocycles. The van der Waals surface area contributed by atoms with E-state index in [-0.39, 0.29) is 22.3 Å². The number of rotatable bonds is 6. The Kier molecular flexibility index (Phi) is 6.57. The van der Waals surface area contributed by atoms with Crippen LogP contribution in [-0.2, 0) is 5.75 Å². The monoisotopic (exact) mass is 432 g/mol. The van der Waals surface area contributed by atoms with Gasteiger partial charge in [0.25, 0.3) is 11.6 Å². The predicted molar refractivity (Wildman–Crippen MR) is 114 cm³/mol. The molecule has 0 heterocycles. The number of carbonyl (C=O) groups excluding carboxylic acids is 1. The molecule has 5 nitrogen and oxygen atoms in total. The second-order valence-electron chi connectivity index (χ2n) is 5.81. The van der Waals surface area contributed by atoms with Gasteiger partial charge >= 0.3 is 0 Å². The summed E-state index contributed by atoms with van der Waals surface area (Å²) in [6.07, 6.45) is 0. The zero-order valence-corrected chi connectivity index (χ0v) is 16.7. The number of nitro benzene ring substituents is 1. The van der Waals surface area contributed by atoms with Crippen molar-refractivity contribution in [2.24, 2.45) is 0 Å². The molecule has 0 spiro atoms. The molecule has 0 aromatic heterocycles. The molecule has 0 radical (unpaired) electrons. The summed E-state index contributed by atoms with van der Waals surface area (Å²) in [5.74, 6) is 0.361. The number of thioether (sulfide) groups is 1. The van der Waals surface area contributed by atoms with E-state index in [1.165, 1.54) is 18.2 Å². The van der Waals surface area contributed by atoms with E-state index < -0.39 is 4.92 Å². The molecule has 0 atom stereocenters. The molecule has 0 aliphatic rings. The van der Waals surface area contributed by atoms with Gasteiger partial charge in [-0.25, -0.2) is 0 Å². The fourth-order valence-electron chi connectivity index (χ4n) is 2.37. The lowest BCUT2D eigenvalue weighted by molar-refractivity contribution is -0.384. The van der Waals surface area contributed by atoms with Gasteiger partial charge in [0.05, 0.1) is 15.6 Å². The first-order valence-corrected chi connectivity index (χ1v) is 9.89. The standard InChI is InChI=1S/C20H14Cl2N2O3S/c21-15-5-8-17(9-6-15)28-12-13-1-3-14(4-2-13)20(25)23-19-11-16(24(26)27)7-10-18(19)22/h1-11H,12H2,(H,23,25). The van der Waals surface area contributed by atoms with E-state index in [0.29, 0.717) is 10.6 Å². The molecule has 28 heavy (non-hydrogen) atoms. The number of nitrogens with one attached hydrogen (secondary N) is 1. The molecule has 8 heteroatoms. The lowest BCUT2D eigenvalue weighted by Crippen LogP contribution is -2.12. The maximum atomic E-state index is 12.4. The molecule has 0 saturated carbocycles. The first kappa shape index (κ1) is 20.2. The smallest absolute Gasteiger partial charge is 0.271 e. The van der Waals surface area contributed by atoms with E-state index in [2.05, 4.69) is 5.32 Å². The van der Waals surface area contributed by atoms with E-state index >= 15 is 0 Å². The lowest BCUT2D eigenvalue weighted by atomic mass is 10.1. The number of hydrogen-bond donors (Lipinski definition) is 1. The minimum atomic E-state index is -0.543. The molecule has 0 aliphatic heterocycles. The Bertz CT molecular complexity index is 1010. The van der Waals surface area contributed by atoms with Gasteiger partial charge in [-0.15, -0.1) is 11.8 Å². The van der Waals surface area contributed by atoms with Crippen molar-refractivity contribution in [3.63, 3.8) is 0 Å². The van der Waals surface area contributed by atoms with Crippen LogP contribution in [0, 0.1) is 10.1 Å². The van der Waals surface area contributed by atoms with Crippen molar-refractivity contribution in [1.29, 1.82) is 0 Å². The van der Waals surface area contributed by atoms with Crippen LogP contribution in [0.4, 0.5) is 11.4 Å². The molecule has 0 saturated heterocycles. The molecule has 0 unspecified atom stereocenters. The van der Waals surface area contributed by atoms with Gasteiger partial charge in [0.2, 0.25) is 0 Å². The molecular formula is C20H14Cl2N2O3S. The number of halogens is 2. The second-order valence-corrected chi connectivity index (χ2v) is 7.71. The van der Waals surface area contributed by atoms with Gasteiger partial charge in [-0.2, -0.15) is 0 Å². The highest BCUT2D eigenvalue weighted by atomic mass is 35.5. The number of benzene rings is 3. The van der Waals surface area contributed by atoms with Crippen molar-refractivity contribution >= 4 is 52.2 Å². The van der Waals surface area contributed by atoms with Crippen LogP contribution in [0.5, 0.6) is 0 Å². The SMILES string of the molecule is O=C(Nc1cc([N+](=O)[O-])ccc1Cl)c1ccc(CSc2ccc(Cl)cc2)cc1. The predicted octanol–water partition coefficient (Wildman–Crippen LogP) is 6.45. The van der Waals surface area contributed by atoms with Crippen molar-refractivity contribution in [2.45, 2.75) is 10.6 Å². The highest BCUT2D eigenvalue weighted by Crippen LogP contribution is 2.28. The number of carbonyl (C=O) groups is 1. The van der Waals surface area contributed by atoms with Gasteiger partial charge in [0.1, 0.15) is 0 Å². The van der Waals surface area contributed by atoms with Crippen LogP contribution in [0.2, 0.25) is 10.0 Å². The van der Waals surface area contributed by atoms with E-state index in [4.69, 9.17) is 23.2 Å². The summed E-state index contributed by atoms with van der Waals surface area (Å²) in [4.78, 5) is 23.9. The number of hydrogen-bond acceptors (Lipinski definition) is 4. The number of nitro groups is 1. The summed E-state index contributed by atoms with van der Waals surface area (Å²) < 4.78 is 0. The highest BCUT2D eigenvalue weighted by Gasteiger charge is 2.13. The summed E-state index contributed by atoms with van der Waals surface area (Å²) in [6, 6.07) is 18.6. The molecule has 1 amide bonds. The van der Waals surface area contributed by atoms with Gasteiger partial charge in [-0.3, -0.25) is 14.9 Å². The Morgan fingerprint density at radius 2 is 1.68 bits per heavy atom. The molecule has 3 rings (SSSR count). The number of amides is 1. The Hall–Kier alpha value is -2.54. The molecule has 142 valence electrons. The molecule has 0 aliphatic carbocycles. The van der Waals surface area contributed by atoms with Gasteiger partial charge in [-0.05, 0) is 48.0 Å². The third-order valence-corrected chi connectivity index (χ3v) is 5.51. The third kappa shape index (κ3) is 5.25. The first-order chi connectivity index (χ1) is 13.4. The normalized spacial score (nSPS) is 10.5. The summed E-state index contributed by atoms with van der Waals surface area (Å²) in [6.45, 7) is 0. The van der Waals surface area contributed by atoms with Crippen LogP contribution in [0.25, 0.3) is 0 Å². The largest absolute Gasteiger partial charge is 0.320 e. The summed E-state index contributed by atoms with van der Waals surface area (Å²) >= 11 is 13.6. The van der Waals surface area contributed by atoms with E-state index in [9.17, 15) is 14.9 Å². The van der Waals surface area contributed by atoms with E-state index in [0.717, 1.165) is 16.2 Å². The van der Waals surface area contributed by atoms with Gasteiger partial charge in [0.15, 0.2) is 0 Å². The maximum absolute atomic E-state index is 12.4. The van der Waals surface area contributed by atoms with E-state index in [1.54, 1.807) is 23.9 Å². The summed E-state index contributed by atoms with van der Waals surface area (Å²) in [5.41, 5.74) is 1.55. The number of nitrogens with zero attached hydrogens (tertiary/aromatic N) is 1. The van der Waals surface area contributed by atoms with Gasteiger partial charge in [-0.1, -0.05) is 35.3 Å². The quantitative estimate of drug-likeness (QED) is 0.276. The van der Waals surface area contributed by atoms with Crippen molar-refractivity contribution in [1.82, 2.24) is 0 Å². The minimum Gasteiger partial charge on any atom is -0.320 e. The molecule has 1 N–H and O–H groups in total. The van der Waals surface area contributed by atoms with Gasteiger partial charge in [0, 0.05) is 33.4 Å². The third-order valence-electron chi connectivity index (χ3n) is 3.84. The topological polar surface area (TPSA) is 72.2 Å². The van der Waals surface area contributed by atoms with Crippen molar-refractivity contribution < 1.29 is 9.72 Å². The number of non-ortho nitro benzene ring substituents is 1. The highest BCUT2D eigenvalue weighted by molar-refractivity contribution is 7.98. The Labute approximate surface area is 175 Å². The van der Waals surface area contributed by atoms with Crippen molar-refractivity contribution in [2.75, 3.05) is 5.32 Å².